The maximum atomic E-state index is 12.3. The van der Waals surface area contributed by atoms with Crippen molar-refractivity contribution in [3.8, 4) is 0 Å². The number of carbonyl (C=O) groups excluding carboxylic acids is 2. The molecule has 1 fully saturated rings. The first-order valence-electron chi connectivity index (χ1n) is 10.5. The molecule has 0 saturated carbocycles. The first-order chi connectivity index (χ1) is 12.9. The molecule has 0 unspecified atom stereocenters. The van der Waals surface area contributed by atoms with Gasteiger partial charge < -0.3 is 20.4 Å². The predicted octanol–water partition coefficient (Wildman–Crippen LogP) is 2.54. The van der Waals surface area contributed by atoms with Crippen LogP contribution in [-0.4, -0.2) is 78.3 Å². The van der Waals surface area contributed by atoms with Gasteiger partial charge in [0.1, 0.15) is 0 Å². The lowest BCUT2D eigenvalue weighted by Gasteiger charge is -2.35. The Labute approximate surface area is 188 Å². The van der Waals surface area contributed by atoms with E-state index in [2.05, 4.69) is 32.7 Å². The van der Waals surface area contributed by atoms with E-state index >= 15 is 0 Å². The summed E-state index contributed by atoms with van der Waals surface area (Å²) in [5, 5.41) is 0. The molecule has 1 saturated heterocycles. The number of rotatable bonds is 10. The highest BCUT2D eigenvalue weighted by Gasteiger charge is 2.23. The van der Waals surface area contributed by atoms with Gasteiger partial charge in [0.05, 0.1) is 0 Å². The summed E-state index contributed by atoms with van der Waals surface area (Å²) in [5.74, 6) is 1.41. The molecule has 8 heteroatoms. The molecule has 0 atom stereocenters. The summed E-state index contributed by atoms with van der Waals surface area (Å²) < 4.78 is 0. The lowest BCUT2D eigenvalue weighted by Crippen LogP contribution is -2.50. The minimum absolute atomic E-state index is 0. The Morgan fingerprint density at radius 3 is 2.00 bits per heavy atom. The van der Waals surface area contributed by atoms with Crippen LogP contribution >= 0.6 is 24.0 Å². The highest BCUT2D eigenvalue weighted by Crippen LogP contribution is 2.10. The molecule has 0 aliphatic carbocycles. The van der Waals surface area contributed by atoms with Gasteiger partial charge >= 0.3 is 0 Å². The maximum Gasteiger partial charge on any atom is 0.222 e. The minimum atomic E-state index is 0. The van der Waals surface area contributed by atoms with Crippen LogP contribution in [0.2, 0.25) is 0 Å². The summed E-state index contributed by atoms with van der Waals surface area (Å²) in [6.07, 6.45) is 3.98. The van der Waals surface area contributed by atoms with Crippen LogP contribution in [0.5, 0.6) is 0 Å². The van der Waals surface area contributed by atoms with Crippen molar-refractivity contribution >= 4 is 41.8 Å². The van der Waals surface area contributed by atoms with E-state index in [-0.39, 0.29) is 35.8 Å². The molecule has 2 N–H and O–H groups in total. The van der Waals surface area contributed by atoms with Gasteiger partial charge in [-0.2, -0.15) is 0 Å². The van der Waals surface area contributed by atoms with E-state index in [0.29, 0.717) is 57.4 Å². The van der Waals surface area contributed by atoms with E-state index in [1.165, 1.54) is 0 Å². The highest BCUT2D eigenvalue weighted by atomic mass is 127. The Balaban J connectivity index is 0.00000729. The van der Waals surface area contributed by atoms with Crippen molar-refractivity contribution in [2.24, 2.45) is 16.6 Å². The topological polar surface area (TPSA) is 82.2 Å². The largest absolute Gasteiger partial charge is 0.370 e. The summed E-state index contributed by atoms with van der Waals surface area (Å²) in [5.41, 5.74) is 5.95. The van der Waals surface area contributed by atoms with Gasteiger partial charge in [-0.15, -0.1) is 24.0 Å². The van der Waals surface area contributed by atoms with Crippen LogP contribution in [0, 0.1) is 5.92 Å². The van der Waals surface area contributed by atoms with Gasteiger partial charge in [-0.1, -0.05) is 20.3 Å². The van der Waals surface area contributed by atoms with Crippen LogP contribution in [0.25, 0.3) is 0 Å². The summed E-state index contributed by atoms with van der Waals surface area (Å²) in [6, 6.07) is 0. The molecule has 1 aliphatic rings. The van der Waals surface area contributed by atoms with Crippen LogP contribution in [0.3, 0.4) is 0 Å². The van der Waals surface area contributed by atoms with E-state index in [0.717, 1.165) is 32.4 Å². The molecule has 0 radical (unpaired) electrons. The maximum absolute atomic E-state index is 12.3. The van der Waals surface area contributed by atoms with Gasteiger partial charge in [0.25, 0.3) is 0 Å². The van der Waals surface area contributed by atoms with Crippen molar-refractivity contribution in [3.63, 3.8) is 0 Å². The van der Waals surface area contributed by atoms with E-state index in [4.69, 9.17) is 5.73 Å². The number of hydrogen-bond acceptors (Lipinski definition) is 3. The summed E-state index contributed by atoms with van der Waals surface area (Å²) in [4.78, 5) is 34.6. The summed E-state index contributed by atoms with van der Waals surface area (Å²) in [7, 11) is 0. The molecule has 0 aromatic rings. The molecule has 1 aliphatic heterocycles. The van der Waals surface area contributed by atoms with E-state index in [1.807, 2.05) is 14.7 Å². The highest BCUT2D eigenvalue weighted by molar-refractivity contribution is 14.0. The lowest BCUT2D eigenvalue weighted by molar-refractivity contribution is -0.140. The number of hydrogen-bond donors (Lipinski definition) is 1. The standard InChI is InChI=1S/C20H39N5O2.HI/c1-5-23(6-2)20(21)22-11-9-7-8-10-18(26)24-12-14-25(15-13-24)19(27)16-17(3)4;/h17H,5-16H2,1-4H3,(H2,21,22);1H. The van der Waals surface area contributed by atoms with Crippen molar-refractivity contribution in [1.82, 2.24) is 14.7 Å². The number of halogens is 1. The zero-order valence-corrected chi connectivity index (χ0v) is 20.5. The first kappa shape index (κ1) is 26.9. The SMILES string of the molecule is CCN(CC)C(N)=NCCCCCC(=O)N1CCN(C(=O)CC(C)C)CC1.I. The van der Waals surface area contributed by atoms with Crippen molar-refractivity contribution in [3.05, 3.63) is 0 Å². The second-order valence-electron chi connectivity index (χ2n) is 7.58. The third-order valence-electron chi connectivity index (χ3n) is 4.98. The minimum Gasteiger partial charge on any atom is -0.370 e. The molecule has 1 rings (SSSR count). The number of nitrogens with two attached hydrogens (primary N) is 1. The zero-order chi connectivity index (χ0) is 20.2. The van der Waals surface area contributed by atoms with Gasteiger partial charge in [-0.05, 0) is 32.6 Å². The van der Waals surface area contributed by atoms with Gasteiger partial charge in [0, 0.05) is 58.7 Å². The first-order valence-corrected chi connectivity index (χ1v) is 10.5. The number of amides is 2. The Bertz CT molecular complexity index is 487. The smallest absolute Gasteiger partial charge is 0.222 e. The van der Waals surface area contributed by atoms with Crippen molar-refractivity contribution in [1.29, 1.82) is 0 Å². The lowest BCUT2D eigenvalue weighted by atomic mass is 10.1. The molecular weight excluding hydrogens is 469 g/mol. The van der Waals surface area contributed by atoms with E-state index < -0.39 is 0 Å². The number of guanidine groups is 1. The van der Waals surface area contributed by atoms with Crippen LogP contribution in [0.1, 0.15) is 59.8 Å². The quantitative estimate of drug-likeness (QED) is 0.212. The second-order valence-corrected chi connectivity index (χ2v) is 7.58. The number of nitrogens with zero attached hydrogens (tertiary/aromatic N) is 4. The molecule has 1 heterocycles. The number of aliphatic imine (C=N–C) groups is 1. The fourth-order valence-corrected chi connectivity index (χ4v) is 3.25. The molecule has 7 nitrogen and oxygen atoms in total. The fourth-order valence-electron chi connectivity index (χ4n) is 3.25. The van der Waals surface area contributed by atoms with E-state index in [9.17, 15) is 9.59 Å². The van der Waals surface area contributed by atoms with Crippen LogP contribution in [0.4, 0.5) is 0 Å². The van der Waals surface area contributed by atoms with Crippen LogP contribution in [-0.2, 0) is 9.59 Å². The number of carbonyl (C=O) groups is 2. The van der Waals surface area contributed by atoms with Crippen molar-refractivity contribution in [2.75, 3.05) is 45.8 Å². The van der Waals surface area contributed by atoms with Crippen molar-refractivity contribution < 1.29 is 9.59 Å². The average Bonchev–Trinajstić information content (AvgIpc) is 2.64. The zero-order valence-electron chi connectivity index (χ0n) is 18.2. The Morgan fingerprint density at radius 1 is 0.964 bits per heavy atom. The predicted molar refractivity (Wildman–Crippen MR) is 126 cm³/mol. The molecule has 0 spiro atoms. The fraction of sp³-hybridized carbons (Fsp3) is 0.850. The molecule has 0 aromatic carbocycles. The molecule has 0 aromatic heterocycles. The van der Waals surface area contributed by atoms with Crippen molar-refractivity contribution in [2.45, 2.75) is 59.8 Å². The summed E-state index contributed by atoms with van der Waals surface area (Å²) in [6.45, 7) is 13.4. The molecule has 164 valence electrons. The van der Waals surface area contributed by atoms with Crippen LogP contribution < -0.4 is 5.73 Å². The molecule has 2 amide bonds. The van der Waals surface area contributed by atoms with Crippen LogP contribution in [0.15, 0.2) is 4.99 Å². The normalized spacial score (nSPS) is 14.8. The number of piperazine rings is 1. The summed E-state index contributed by atoms with van der Waals surface area (Å²) >= 11 is 0. The Kier molecular flexibility index (Phi) is 14.3. The Hall–Kier alpha value is -1.06. The third-order valence-corrected chi connectivity index (χ3v) is 4.98. The van der Waals surface area contributed by atoms with E-state index in [1.54, 1.807) is 0 Å². The monoisotopic (exact) mass is 509 g/mol. The van der Waals surface area contributed by atoms with Gasteiger partial charge in [-0.3, -0.25) is 14.6 Å². The molecule has 28 heavy (non-hydrogen) atoms. The molecular formula is C20H40IN5O2. The Morgan fingerprint density at radius 2 is 1.50 bits per heavy atom. The van der Waals surface area contributed by atoms with Gasteiger partial charge in [0.2, 0.25) is 11.8 Å². The van der Waals surface area contributed by atoms with Gasteiger partial charge in [-0.25, -0.2) is 0 Å². The van der Waals surface area contributed by atoms with Gasteiger partial charge in [0.15, 0.2) is 5.96 Å². The third kappa shape index (κ3) is 9.93. The second kappa shape index (κ2) is 14.9. The molecule has 0 bridgehead atoms. The average molecular weight is 509 g/mol. The number of unbranched alkanes of at least 4 members (excludes halogenated alkanes) is 2.